The fraction of sp³-hybridized carbons (Fsp3) is 0.306. The standard InChI is InChI=1S/C36H36FN3O5/c1-21-26-12-9-17-43-33(26)28(37)18-27(21)32-31(34(35(41)42)45-36(3,4)5)22(2)38-30-19-29(39-40(30)32)24-13-15-25(16-14-24)44-20-23-10-7-6-8-11-23/h6-8,10-11,13-16,18-19,34H,9,12,17,20H2,1-5H3,(H,41,42). The molecule has 1 unspecified atom stereocenters. The molecule has 0 bridgehead atoms. The van der Waals surface area contributed by atoms with Crippen molar-refractivity contribution in [2.24, 2.45) is 0 Å². The van der Waals surface area contributed by atoms with E-state index in [4.69, 9.17) is 24.3 Å². The first kappa shape index (κ1) is 30.3. The van der Waals surface area contributed by atoms with Crippen molar-refractivity contribution in [2.45, 2.75) is 65.8 Å². The highest BCUT2D eigenvalue weighted by Crippen LogP contribution is 2.42. The molecule has 3 aromatic carbocycles. The monoisotopic (exact) mass is 609 g/mol. The first-order valence-corrected chi connectivity index (χ1v) is 15.0. The Kier molecular flexibility index (Phi) is 8.05. The maximum absolute atomic E-state index is 15.6. The van der Waals surface area contributed by atoms with Crippen LogP contribution in [0.2, 0.25) is 0 Å². The van der Waals surface area contributed by atoms with Crippen LogP contribution in [-0.2, 0) is 22.6 Å². The molecule has 5 aromatic rings. The summed E-state index contributed by atoms with van der Waals surface area (Å²) >= 11 is 0. The number of halogens is 1. The average molecular weight is 610 g/mol. The lowest BCUT2D eigenvalue weighted by Crippen LogP contribution is -2.29. The maximum Gasteiger partial charge on any atom is 0.337 e. The van der Waals surface area contributed by atoms with Crippen LogP contribution in [0.4, 0.5) is 4.39 Å². The molecule has 3 heterocycles. The molecule has 1 aliphatic rings. The van der Waals surface area contributed by atoms with Crippen LogP contribution in [-0.4, -0.2) is 37.9 Å². The number of aryl methyl sites for hydroxylation is 1. The molecule has 0 aliphatic carbocycles. The summed E-state index contributed by atoms with van der Waals surface area (Å²) in [5, 5.41) is 15.3. The molecule has 0 saturated carbocycles. The van der Waals surface area contributed by atoms with Crippen LogP contribution in [0.15, 0.2) is 66.7 Å². The van der Waals surface area contributed by atoms with Crippen molar-refractivity contribution in [3.63, 3.8) is 0 Å². The number of nitrogens with zero attached hydrogens (tertiary/aromatic N) is 3. The number of hydrogen-bond donors (Lipinski definition) is 1. The molecule has 232 valence electrons. The topological polar surface area (TPSA) is 95.2 Å². The number of fused-ring (bicyclic) bond motifs is 2. The van der Waals surface area contributed by atoms with E-state index in [1.807, 2.05) is 67.6 Å². The molecule has 2 aromatic heterocycles. The van der Waals surface area contributed by atoms with Crippen molar-refractivity contribution in [1.29, 1.82) is 0 Å². The molecule has 0 fully saturated rings. The van der Waals surface area contributed by atoms with Gasteiger partial charge in [-0.2, -0.15) is 5.10 Å². The van der Waals surface area contributed by atoms with Gasteiger partial charge in [-0.3, -0.25) is 0 Å². The molecule has 45 heavy (non-hydrogen) atoms. The molecule has 1 aliphatic heterocycles. The minimum absolute atomic E-state index is 0.252. The van der Waals surface area contributed by atoms with Gasteiger partial charge in [-0.15, -0.1) is 0 Å². The second-order valence-corrected chi connectivity index (χ2v) is 12.3. The Morgan fingerprint density at radius 2 is 1.82 bits per heavy atom. The van der Waals surface area contributed by atoms with E-state index in [0.29, 0.717) is 59.2 Å². The third-order valence-electron chi connectivity index (χ3n) is 7.88. The quantitative estimate of drug-likeness (QED) is 0.193. The lowest BCUT2D eigenvalue weighted by atomic mass is 9.91. The number of hydrogen-bond acceptors (Lipinski definition) is 6. The van der Waals surface area contributed by atoms with Gasteiger partial charge < -0.3 is 19.3 Å². The van der Waals surface area contributed by atoms with Crippen molar-refractivity contribution >= 4 is 11.6 Å². The van der Waals surface area contributed by atoms with E-state index in [1.165, 1.54) is 6.07 Å². The lowest BCUT2D eigenvalue weighted by molar-refractivity contribution is -0.160. The molecule has 8 nitrogen and oxygen atoms in total. The average Bonchev–Trinajstić information content (AvgIpc) is 3.44. The molecular formula is C36H36FN3O5. The summed E-state index contributed by atoms with van der Waals surface area (Å²) in [5.41, 5.74) is 5.52. The molecule has 1 N–H and O–H groups in total. The van der Waals surface area contributed by atoms with Crippen LogP contribution < -0.4 is 9.47 Å². The maximum atomic E-state index is 15.6. The van der Waals surface area contributed by atoms with E-state index in [1.54, 1.807) is 32.2 Å². The molecule has 0 amide bonds. The first-order valence-electron chi connectivity index (χ1n) is 15.0. The summed E-state index contributed by atoms with van der Waals surface area (Å²) in [4.78, 5) is 17.5. The van der Waals surface area contributed by atoms with E-state index in [-0.39, 0.29) is 5.75 Å². The minimum Gasteiger partial charge on any atom is -0.490 e. The van der Waals surface area contributed by atoms with Crippen molar-refractivity contribution in [3.8, 4) is 34.0 Å². The molecule has 1 atom stereocenters. The summed E-state index contributed by atoms with van der Waals surface area (Å²) < 4.78 is 35.0. The van der Waals surface area contributed by atoms with E-state index < -0.39 is 23.5 Å². The first-order chi connectivity index (χ1) is 21.5. The Bertz CT molecular complexity index is 1880. The highest BCUT2D eigenvalue weighted by molar-refractivity contribution is 5.82. The van der Waals surface area contributed by atoms with Crippen molar-refractivity contribution in [2.75, 3.05) is 6.61 Å². The normalized spacial score (nSPS) is 13.7. The molecule has 9 heteroatoms. The fourth-order valence-electron chi connectivity index (χ4n) is 5.80. The van der Waals surface area contributed by atoms with Crippen molar-refractivity contribution in [1.82, 2.24) is 14.6 Å². The second kappa shape index (κ2) is 12.0. The van der Waals surface area contributed by atoms with Gasteiger partial charge >= 0.3 is 5.97 Å². The summed E-state index contributed by atoms with van der Waals surface area (Å²) in [7, 11) is 0. The van der Waals surface area contributed by atoms with Gasteiger partial charge in [0.1, 0.15) is 12.4 Å². The molecular weight excluding hydrogens is 573 g/mol. The molecule has 0 spiro atoms. The summed E-state index contributed by atoms with van der Waals surface area (Å²) in [5.74, 6) is -0.703. The van der Waals surface area contributed by atoms with Crippen molar-refractivity contribution in [3.05, 3.63) is 100 Å². The molecule has 0 radical (unpaired) electrons. The number of aromatic nitrogens is 3. The van der Waals surface area contributed by atoms with Crippen LogP contribution in [0.25, 0.3) is 28.2 Å². The van der Waals surface area contributed by atoms with Gasteiger partial charge in [0.25, 0.3) is 0 Å². The van der Waals surface area contributed by atoms with E-state index in [0.717, 1.165) is 28.7 Å². The highest BCUT2D eigenvalue weighted by Gasteiger charge is 2.34. The summed E-state index contributed by atoms with van der Waals surface area (Å²) in [6, 6.07) is 20.8. The Morgan fingerprint density at radius 3 is 2.51 bits per heavy atom. The number of ether oxygens (including phenoxy) is 3. The minimum atomic E-state index is -1.37. The zero-order chi connectivity index (χ0) is 31.9. The van der Waals surface area contributed by atoms with Crippen molar-refractivity contribution < 1.29 is 28.5 Å². The van der Waals surface area contributed by atoms with Gasteiger partial charge in [-0.25, -0.2) is 18.7 Å². The molecule has 6 rings (SSSR count). The van der Waals surface area contributed by atoms with Gasteiger partial charge in [0.05, 0.1) is 23.6 Å². The van der Waals surface area contributed by atoms with Gasteiger partial charge in [0.2, 0.25) is 0 Å². The third-order valence-corrected chi connectivity index (χ3v) is 7.88. The number of aliphatic carboxylic acids is 1. The largest absolute Gasteiger partial charge is 0.490 e. The Labute approximate surface area is 261 Å². The summed E-state index contributed by atoms with van der Waals surface area (Å²) in [6.07, 6.45) is 0.0366. The predicted octanol–water partition coefficient (Wildman–Crippen LogP) is 7.66. The van der Waals surface area contributed by atoms with E-state index in [2.05, 4.69) is 0 Å². The summed E-state index contributed by atoms with van der Waals surface area (Å²) in [6.45, 7) is 9.95. The lowest BCUT2D eigenvalue weighted by Gasteiger charge is -2.28. The zero-order valence-corrected chi connectivity index (χ0v) is 26.1. The number of carbonyl (C=O) groups is 1. The zero-order valence-electron chi connectivity index (χ0n) is 26.1. The van der Waals surface area contributed by atoms with Crippen LogP contribution in [0, 0.1) is 19.7 Å². The number of carboxylic acids is 1. The van der Waals surface area contributed by atoms with Gasteiger partial charge in [0.15, 0.2) is 23.3 Å². The Morgan fingerprint density at radius 1 is 1.09 bits per heavy atom. The third kappa shape index (κ3) is 6.13. The Balaban J connectivity index is 1.50. The number of rotatable bonds is 8. The van der Waals surface area contributed by atoms with Crippen LogP contribution >= 0.6 is 0 Å². The molecule has 0 saturated heterocycles. The predicted molar refractivity (Wildman–Crippen MR) is 169 cm³/mol. The highest BCUT2D eigenvalue weighted by atomic mass is 19.1. The Hall–Kier alpha value is -4.76. The fourth-order valence-corrected chi connectivity index (χ4v) is 5.80. The van der Waals surface area contributed by atoms with Crippen LogP contribution in [0.3, 0.4) is 0 Å². The van der Waals surface area contributed by atoms with Crippen LogP contribution in [0.1, 0.15) is 61.2 Å². The number of carboxylic acid groups (broad SMARTS) is 1. The van der Waals surface area contributed by atoms with E-state index in [9.17, 15) is 9.90 Å². The SMILES string of the molecule is Cc1nc2cc(-c3ccc(OCc4ccccc4)cc3)nn2c(-c2cc(F)c3c(c2C)CCCO3)c1C(OC(C)(C)C)C(=O)O. The van der Waals surface area contributed by atoms with Gasteiger partial charge in [-0.1, -0.05) is 30.3 Å². The smallest absolute Gasteiger partial charge is 0.337 e. The van der Waals surface area contributed by atoms with Gasteiger partial charge in [0, 0.05) is 34.0 Å². The number of benzene rings is 3. The van der Waals surface area contributed by atoms with Crippen LogP contribution in [0.5, 0.6) is 11.5 Å². The second-order valence-electron chi connectivity index (χ2n) is 12.3. The van der Waals surface area contributed by atoms with Gasteiger partial charge in [-0.05, 0) is 88.9 Å². The van der Waals surface area contributed by atoms with E-state index >= 15 is 4.39 Å².